The average molecular weight is 238 g/mol. The lowest BCUT2D eigenvalue weighted by atomic mass is 10.3. The van der Waals surface area contributed by atoms with Crippen molar-refractivity contribution >= 4 is 0 Å². The van der Waals surface area contributed by atoms with Crippen molar-refractivity contribution in [1.82, 2.24) is 9.47 Å². The van der Waals surface area contributed by atoms with E-state index in [2.05, 4.69) is 4.90 Å². The predicted octanol–water partition coefficient (Wildman–Crippen LogP) is 0.195. The van der Waals surface area contributed by atoms with Crippen LogP contribution < -0.4 is 5.56 Å². The molecule has 1 fully saturated rings. The Morgan fingerprint density at radius 1 is 1.29 bits per heavy atom. The Bertz CT molecular complexity index is 436. The molecule has 1 aliphatic heterocycles. The zero-order valence-electron chi connectivity index (χ0n) is 10.1. The molecule has 1 aromatic heterocycles. The van der Waals surface area contributed by atoms with Gasteiger partial charge in [-0.2, -0.15) is 0 Å². The van der Waals surface area contributed by atoms with Crippen molar-refractivity contribution in [1.29, 1.82) is 0 Å². The van der Waals surface area contributed by atoms with E-state index in [1.807, 2.05) is 6.92 Å². The van der Waals surface area contributed by atoms with Crippen LogP contribution in [0.15, 0.2) is 16.9 Å². The molecule has 1 aromatic rings. The number of pyridine rings is 1. The van der Waals surface area contributed by atoms with Crippen molar-refractivity contribution in [2.24, 2.45) is 0 Å². The smallest absolute Gasteiger partial charge is 0.254 e. The highest BCUT2D eigenvalue weighted by molar-refractivity contribution is 5.21. The molecule has 0 unspecified atom stereocenters. The van der Waals surface area contributed by atoms with E-state index in [9.17, 15) is 9.90 Å². The highest BCUT2D eigenvalue weighted by Gasteiger charge is 2.11. The van der Waals surface area contributed by atoms with Crippen LogP contribution >= 0.6 is 0 Å². The molecule has 0 saturated carbocycles. The van der Waals surface area contributed by atoms with E-state index in [1.54, 1.807) is 10.6 Å². The van der Waals surface area contributed by atoms with Crippen LogP contribution in [0.2, 0.25) is 0 Å². The summed E-state index contributed by atoms with van der Waals surface area (Å²) in [5, 5.41) is 9.29. The Hall–Kier alpha value is -1.33. The lowest BCUT2D eigenvalue weighted by Gasteiger charge is -2.27. The normalized spacial score (nSPS) is 17.2. The van der Waals surface area contributed by atoms with Gasteiger partial charge < -0.3 is 14.4 Å². The van der Waals surface area contributed by atoms with Crippen LogP contribution in [0.4, 0.5) is 0 Å². The van der Waals surface area contributed by atoms with Crippen LogP contribution in [0.5, 0.6) is 5.75 Å². The first-order valence-corrected chi connectivity index (χ1v) is 5.87. The molecule has 17 heavy (non-hydrogen) atoms. The molecule has 0 amide bonds. The molecule has 1 saturated heterocycles. The van der Waals surface area contributed by atoms with Gasteiger partial charge in [-0.25, -0.2) is 0 Å². The number of hydrogen-bond acceptors (Lipinski definition) is 4. The second kappa shape index (κ2) is 5.33. The maximum atomic E-state index is 11.7. The van der Waals surface area contributed by atoms with E-state index in [-0.39, 0.29) is 11.3 Å². The van der Waals surface area contributed by atoms with Crippen LogP contribution in [0.25, 0.3) is 0 Å². The summed E-state index contributed by atoms with van der Waals surface area (Å²) in [5.41, 5.74) is 0.652. The zero-order valence-corrected chi connectivity index (χ0v) is 10.1. The Morgan fingerprint density at radius 3 is 2.65 bits per heavy atom. The molecule has 2 rings (SSSR count). The van der Waals surface area contributed by atoms with Gasteiger partial charge in [0.25, 0.3) is 5.56 Å². The molecule has 5 nitrogen and oxygen atoms in total. The Morgan fingerprint density at radius 2 is 2.00 bits per heavy atom. The third-order valence-corrected chi connectivity index (χ3v) is 3.06. The number of aromatic nitrogens is 1. The molecule has 1 N–H and O–H groups in total. The maximum Gasteiger partial charge on any atom is 0.254 e. The topological polar surface area (TPSA) is 54.7 Å². The quantitative estimate of drug-likeness (QED) is 0.817. The lowest BCUT2D eigenvalue weighted by molar-refractivity contribution is 0.0362. The van der Waals surface area contributed by atoms with E-state index < -0.39 is 0 Å². The highest BCUT2D eigenvalue weighted by Crippen LogP contribution is 2.07. The maximum absolute atomic E-state index is 11.7. The van der Waals surface area contributed by atoms with E-state index in [0.717, 1.165) is 38.5 Å². The summed E-state index contributed by atoms with van der Waals surface area (Å²) in [5.74, 6) is 0.0372. The van der Waals surface area contributed by atoms with E-state index in [4.69, 9.17) is 4.74 Å². The van der Waals surface area contributed by atoms with Gasteiger partial charge in [0, 0.05) is 37.9 Å². The van der Waals surface area contributed by atoms with Crippen LogP contribution in [-0.4, -0.2) is 47.4 Å². The SMILES string of the molecule is Cc1cc(O)cc(=O)n1CCN1CCOCC1. The molecule has 0 bridgehead atoms. The van der Waals surface area contributed by atoms with Gasteiger partial charge >= 0.3 is 0 Å². The van der Waals surface area contributed by atoms with Crippen LogP contribution in [0, 0.1) is 6.92 Å². The van der Waals surface area contributed by atoms with Crippen molar-refractivity contribution < 1.29 is 9.84 Å². The molecule has 2 heterocycles. The molecule has 0 radical (unpaired) electrons. The molecule has 0 spiro atoms. The fourth-order valence-electron chi connectivity index (χ4n) is 2.06. The van der Waals surface area contributed by atoms with Gasteiger partial charge in [0.05, 0.1) is 13.2 Å². The van der Waals surface area contributed by atoms with E-state index in [1.165, 1.54) is 6.07 Å². The van der Waals surface area contributed by atoms with Gasteiger partial charge in [0.2, 0.25) is 0 Å². The standard InChI is InChI=1S/C12H18N2O3/c1-10-8-11(15)9-12(16)14(10)3-2-13-4-6-17-7-5-13/h8-9,15H,2-7H2,1H3. The molecule has 1 aliphatic rings. The second-order valence-electron chi connectivity index (χ2n) is 4.30. The summed E-state index contributed by atoms with van der Waals surface area (Å²) < 4.78 is 6.96. The second-order valence-corrected chi connectivity index (χ2v) is 4.30. The number of aryl methyl sites for hydroxylation is 1. The van der Waals surface area contributed by atoms with Crippen LogP contribution in [0.1, 0.15) is 5.69 Å². The summed E-state index contributed by atoms with van der Waals surface area (Å²) in [6.07, 6.45) is 0. The Balaban J connectivity index is 2.01. The fourth-order valence-corrected chi connectivity index (χ4v) is 2.06. The Kier molecular flexibility index (Phi) is 3.81. The van der Waals surface area contributed by atoms with Gasteiger partial charge in [-0.05, 0) is 13.0 Å². The highest BCUT2D eigenvalue weighted by atomic mass is 16.5. The van der Waals surface area contributed by atoms with Gasteiger partial charge in [0.15, 0.2) is 0 Å². The molecular weight excluding hydrogens is 220 g/mol. The first kappa shape index (κ1) is 12.1. The number of aromatic hydroxyl groups is 1. The minimum Gasteiger partial charge on any atom is -0.508 e. The summed E-state index contributed by atoms with van der Waals surface area (Å²) in [4.78, 5) is 14.0. The number of ether oxygens (including phenoxy) is 1. The first-order valence-electron chi connectivity index (χ1n) is 5.87. The Labute approximate surface area is 100 Å². The minimum absolute atomic E-state index is 0.0372. The molecule has 0 aromatic carbocycles. The van der Waals surface area contributed by atoms with Crippen LogP contribution in [-0.2, 0) is 11.3 Å². The van der Waals surface area contributed by atoms with E-state index in [0.29, 0.717) is 6.54 Å². The summed E-state index contributed by atoms with van der Waals surface area (Å²) in [6.45, 7) is 6.71. The van der Waals surface area contributed by atoms with Gasteiger partial charge in [0.1, 0.15) is 5.75 Å². The molecule has 5 heteroatoms. The number of nitrogens with zero attached hydrogens (tertiary/aromatic N) is 2. The van der Waals surface area contributed by atoms with Gasteiger partial charge in [-0.1, -0.05) is 0 Å². The van der Waals surface area contributed by atoms with E-state index >= 15 is 0 Å². The summed E-state index contributed by atoms with van der Waals surface area (Å²) in [6, 6.07) is 2.87. The summed E-state index contributed by atoms with van der Waals surface area (Å²) >= 11 is 0. The van der Waals surface area contributed by atoms with Crippen molar-refractivity contribution in [2.75, 3.05) is 32.8 Å². The number of hydrogen-bond donors (Lipinski definition) is 1. The van der Waals surface area contributed by atoms with Crippen molar-refractivity contribution in [2.45, 2.75) is 13.5 Å². The minimum atomic E-state index is -0.143. The molecule has 0 atom stereocenters. The predicted molar refractivity (Wildman–Crippen MR) is 64.4 cm³/mol. The summed E-state index contributed by atoms with van der Waals surface area (Å²) in [7, 11) is 0. The average Bonchev–Trinajstić information content (AvgIpc) is 2.29. The van der Waals surface area contributed by atoms with Gasteiger partial charge in [-0.15, -0.1) is 0 Å². The van der Waals surface area contributed by atoms with Crippen molar-refractivity contribution in [3.63, 3.8) is 0 Å². The van der Waals surface area contributed by atoms with Gasteiger partial charge in [-0.3, -0.25) is 9.69 Å². The molecule has 94 valence electrons. The fraction of sp³-hybridized carbons (Fsp3) is 0.583. The third-order valence-electron chi connectivity index (χ3n) is 3.06. The number of rotatable bonds is 3. The van der Waals surface area contributed by atoms with Crippen molar-refractivity contribution in [3.05, 3.63) is 28.2 Å². The monoisotopic (exact) mass is 238 g/mol. The first-order chi connectivity index (χ1) is 8.16. The van der Waals surface area contributed by atoms with Crippen molar-refractivity contribution in [3.8, 4) is 5.75 Å². The largest absolute Gasteiger partial charge is 0.508 e. The van der Waals surface area contributed by atoms with Crippen LogP contribution in [0.3, 0.4) is 0 Å². The molecular formula is C12H18N2O3. The molecule has 0 aliphatic carbocycles. The lowest BCUT2D eigenvalue weighted by Crippen LogP contribution is -2.39. The number of morpholine rings is 1. The third kappa shape index (κ3) is 3.08. The zero-order chi connectivity index (χ0) is 12.3.